The van der Waals surface area contributed by atoms with Crippen LogP contribution in [0.5, 0.6) is 0 Å². The van der Waals surface area contributed by atoms with E-state index in [1.165, 1.54) is 11.7 Å². The highest BCUT2D eigenvalue weighted by atomic mass is 16.2. The molecule has 2 N–H and O–H groups in total. The van der Waals surface area contributed by atoms with Gasteiger partial charge >= 0.3 is 0 Å². The molecule has 0 saturated heterocycles. The van der Waals surface area contributed by atoms with E-state index < -0.39 is 11.8 Å². The third-order valence-corrected chi connectivity index (χ3v) is 3.88. The van der Waals surface area contributed by atoms with Gasteiger partial charge in [-0.25, -0.2) is 4.68 Å². The molecule has 0 aliphatic carbocycles. The van der Waals surface area contributed by atoms with Gasteiger partial charge < -0.3 is 0 Å². The number of aromatic nitrogens is 4. The van der Waals surface area contributed by atoms with Crippen LogP contribution in [0.15, 0.2) is 35.1 Å². The fourth-order valence-electron chi connectivity index (χ4n) is 2.66. The van der Waals surface area contributed by atoms with Crippen molar-refractivity contribution >= 4 is 22.6 Å². The minimum absolute atomic E-state index is 0.0264. The molecule has 0 fully saturated rings. The second kappa shape index (κ2) is 6.79. The third-order valence-electron chi connectivity index (χ3n) is 3.88. The Kier molecular flexibility index (Phi) is 4.53. The SMILES string of the molecule is Cc1cc(C)n(CC(=O)NNC(=O)c2nn(C)c(=O)c3ccccc23)n1. The maximum absolute atomic E-state index is 12.4. The quantitative estimate of drug-likeness (QED) is 0.653. The summed E-state index contributed by atoms with van der Waals surface area (Å²) in [5.41, 5.74) is 6.06. The molecular weight excluding hydrogens is 336 g/mol. The lowest BCUT2D eigenvalue weighted by molar-refractivity contribution is -0.122. The predicted molar refractivity (Wildman–Crippen MR) is 94.3 cm³/mol. The van der Waals surface area contributed by atoms with Gasteiger partial charge in [-0.1, -0.05) is 18.2 Å². The lowest BCUT2D eigenvalue weighted by Gasteiger charge is -2.10. The van der Waals surface area contributed by atoms with Crippen LogP contribution in [0.2, 0.25) is 0 Å². The fourth-order valence-corrected chi connectivity index (χ4v) is 2.66. The van der Waals surface area contributed by atoms with Crippen molar-refractivity contribution in [3.8, 4) is 0 Å². The van der Waals surface area contributed by atoms with E-state index in [9.17, 15) is 14.4 Å². The zero-order chi connectivity index (χ0) is 18.8. The van der Waals surface area contributed by atoms with Gasteiger partial charge in [0.1, 0.15) is 6.54 Å². The van der Waals surface area contributed by atoms with Gasteiger partial charge in [-0.05, 0) is 26.0 Å². The molecule has 2 heterocycles. The van der Waals surface area contributed by atoms with Crippen molar-refractivity contribution in [1.82, 2.24) is 30.4 Å². The number of hydrogen-bond donors (Lipinski definition) is 2. The maximum atomic E-state index is 12.4. The zero-order valence-corrected chi connectivity index (χ0v) is 14.6. The van der Waals surface area contributed by atoms with Crippen LogP contribution in [0.25, 0.3) is 10.8 Å². The molecule has 3 aromatic rings. The molecular formula is C17H18N6O3. The molecule has 2 amide bonds. The van der Waals surface area contributed by atoms with Crippen LogP contribution in [0.3, 0.4) is 0 Å². The van der Waals surface area contributed by atoms with Gasteiger partial charge in [0.2, 0.25) is 0 Å². The number of fused-ring (bicyclic) bond motifs is 1. The first-order chi connectivity index (χ1) is 12.4. The molecule has 26 heavy (non-hydrogen) atoms. The summed E-state index contributed by atoms with van der Waals surface area (Å²) >= 11 is 0. The number of hydrazine groups is 1. The molecule has 0 saturated carbocycles. The van der Waals surface area contributed by atoms with E-state index in [0.717, 1.165) is 16.1 Å². The number of benzene rings is 1. The number of aryl methyl sites for hydroxylation is 3. The largest absolute Gasteiger partial charge is 0.290 e. The Morgan fingerprint density at radius 3 is 2.42 bits per heavy atom. The molecule has 0 bridgehead atoms. The van der Waals surface area contributed by atoms with Gasteiger partial charge in [-0.3, -0.25) is 29.9 Å². The fraction of sp³-hybridized carbons (Fsp3) is 0.235. The normalized spacial score (nSPS) is 10.7. The van der Waals surface area contributed by atoms with Gasteiger partial charge in [0, 0.05) is 18.1 Å². The zero-order valence-electron chi connectivity index (χ0n) is 14.6. The lowest BCUT2D eigenvalue weighted by Crippen LogP contribution is -2.44. The topological polar surface area (TPSA) is 111 Å². The van der Waals surface area contributed by atoms with E-state index in [-0.39, 0.29) is 17.8 Å². The van der Waals surface area contributed by atoms with Gasteiger partial charge in [-0.2, -0.15) is 10.2 Å². The lowest BCUT2D eigenvalue weighted by atomic mass is 10.1. The summed E-state index contributed by atoms with van der Waals surface area (Å²) in [5.74, 6) is -1.04. The van der Waals surface area contributed by atoms with Crippen LogP contribution >= 0.6 is 0 Å². The van der Waals surface area contributed by atoms with E-state index in [1.54, 1.807) is 24.3 Å². The summed E-state index contributed by atoms with van der Waals surface area (Å²) in [7, 11) is 1.47. The van der Waals surface area contributed by atoms with Crippen molar-refractivity contribution in [1.29, 1.82) is 0 Å². The average Bonchev–Trinajstić information content (AvgIpc) is 2.93. The highest BCUT2D eigenvalue weighted by Gasteiger charge is 2.16. The van der Waals surface area contributed by atoms with Crippen molar-refractivity contribution in [2.75, 3.05) is 0 Å². The first-order valence-corrected chi connectivity index (χ1v) is 7.93. The van der Waals surface area contributed by atoms with Crippen LogP contribution in [-0.4, -0.2) is 31.4 Å². The number of nitrogens with zero attached hydrogens (tertiary/aromatic N) is 4. The van der Waals surface area contributed by atoms with Crippen LogP contribution in [-0.2, 0) is 18.4 Å². The van der Waals surface area contributed by atoms with Crippen LogP contribution < -0.4 is 16.4 Å². The second-order valence-corrected chi connectivity index (χ2v) is 5.91. The van der Waals surface area contributed by atoms with Crippen LogP contribution in [0, 0.1) is 13.8 Å². The number of amides is 2. The second-order valence-electron chi connectivity index (χ2n) is 5.91. The Balaban J connectivity index is 1.76. The van der Waals surface area contributed by atoms with Crippen molar-refractivity contribution in [2.24, 2.45) is 7.05 Å². The van der Waals surface area contributed by atoms with E-state index in [1.807, 2.05) is 19.9 Å². The van der Waals surface area contributed by atoms with Crippen LogP contribution in [0.4, 0.5) is 0 Å². The molecule has 9 nitrogen and oxygen atoms in total. The molecule has 0 atom stereocenters. The van der Waals surface area contributed by atoms with Gasteiger partial charge in [-0.15, -0.1) is 0 Å². The van der Waals surface area contributed by atoms with E-state index in [2.05, 4.69) is 21.0 Å². The standard InChI is InChI=1S/C17H18N6O3/c1-10-8-11(2)23(20-10)9-14(24)18-19-16(25)15-12-6-4-5-7-13(12)17(26)22(3)21-15/h4-8H,9H2,1-3H3,(H,18,24)(H,19,25). The Labute approximate surface area is 148 Å². The van der Waals surface area contributed by atoms with Crippen molar-refractivity contribution in [3.05, 3.63) is 57.8 Å². The molecule has 0 aliphatic rings. The van der Waals surface area contributed by atoms with Crippen molar-refractivity contribution < 1.29 is 9.59 Å². The first kappa shape index (κ1) is 17.3. The van der Waals surface area contributed by atoms with Gasteiger partial charge in [0.15, 0.2) is 5.69 Å². The maximum Gasteiger partial charge on any atom is 0.290 e. The number of rotatable bonds is 3. The molecule has 0 aliphatic heterocycles. The molecule has 0 radical (unpaired) electrons. The number of carbonyl (C=O) groups is 2. The first-order valence-electron chi connectivity index (χ1n) is 7.93. The Morgan fingerprint density at radius 2 is 1.77 bits per heavy atom. The van der Waals surface area contributed by atoms with E-state index in [4.69, 9.17) is 0 Å². The third kappa shape index (κ3) is 3.32. The minimum Gasteiger partial charge on any atom is -0.271 e. The Morgan fingerprint density at radius 1 is 1.08 bits per heavy atom. The van der Waals surface area contributed by atoms with Crippen LogP contribution in [0.1, 0.15) is 21.9 Å². The average molecular weight is 354 g/mol. The van der Waals surface area contributed by atoms with Crippen molar-refractivity contribution in [3.63, 3.8) is 0 Å². The molecule has 2 aromatic heterocycles. The van der Waals surface area contributed by atoms with E-state index in [0.29, 0.717) is 10.8 Å². The van der Waals surface area contributed by atoms with Gasteiger partial charge in [0.25, 0.3) is 17.4 Å². The Hall–Kier alpha value is -3.49. The van der Waals surface area contributed by atoms with Gasteiger partial charge in [0.05, 0.1) is 11.1 Å². The number of hydrogen-bond acceptors (Lipinski definition) is 5. The molecule has 0 spiro atoms. The minimum atomic E-state index is -0.612. The predicted octanol–water partition coefficient (Wildman–Crippen LogP) is 0.208. The highest BCUT2D eigenvalue weighted by molar-refractivity contribution is 6.05. The van der Waals surface area contributed by atoms with Crippen molar-refractivity contribution in [2.45, 2.75) is 20.4 Å². The number of carbonyl (C=O) groups excluding carboxylic acids is 2. The highest BCUT2D eigenvalue weighted by Crippen LogP contribution is 2.12. The summed E-state index contributed by atoms with van der Waals surface area (Å²) in [6.07, 6.45) is 0. The smallest absolute Gasteiger partial charge is 0.271 e. The summed E-state index contributed by atoms with van der Waals surface area (Å²) < 4.78 is 2.63. The molecule has 1 aromatic carbocycles. The summed E-state index contributed by atoms with van der Waals surface area (Å²) in [6.45, 7) is 3.65. The summed E-state index contributed by atoms with van der Waals surface area (Å²) in [5, 5.41) is 8.99. The molecule has 3 rings (SSSR count). The molecule has 9 heteroatoms. The van der Waals surface area contributed by atoms with E-state index >= 15 is 0 Å². The summed E-state index contributed by atoms with van der Waals surface area (Å²) in [4.78, 5) is 36.6. The number of nitrogens with one attached hydrogen (secondary N) is 2. The Bertz CT molecular complexity index is 1070. The summed E-state index contributed by atoms with van der Waals surface area (Å²) in [6, 6.07) is 8.53. The monoisotopic (exact) mass is 354 g/mol. The molecule has 0 unspecified atom stereocenters. The molecule has 134 valence electrons.